The number of nitrogens with one attached hydrogen (secondary N) is 1. The van der Waals surface area contributed by atoms with Gasteiger partial charge in [0.05, 0.1) is 13.2 Å². The lowest BCUT2D eigenvalue weighted by Crippen LogP contribution is -3.00. The third kappa shape index (κ3) is 8.53. The van der Waals surface area contributed by atoms with E-state index in [1.54, 1.807) is 23.9 Å². The fourth-order valence-corrected chi connectivity index (χ4v) is 7.65. The molecular formula is C21H25Cl5N2O6S2. The van der Waals surface area contributed by atoms with Gasteiger partial charge in [0.15, 0.2) is 11.8 Å². The zero-order chi connectivity index (χ0) is 25.6. The van der Waals surface area contributed by atoms with Crippen molar-refractivity contribution < 1.29 is 41.0 Å². The van der Waals surface area contributed by atoms with Crippen molar-refractivity contribution in [1.29, 1.82) is 0 Å². The summed E-state index contributed by atoms with van der Waals surface area (Å²) in [6.45, 7) is 1.09. The molecule has 2 saturated heterocycles. The Morgan fingerprint density at radius 1 is 1.22 bits per heavy atom. The highest BCUT2D eigenvalue weighted by Crippen LogP contribution is 2.46. The molecule has 0 aromatic heterocycles. The van der Waals surface area contributed by atoms with Crippen LogP contribution in [0.3, 0.4) is 0 Å². The minimum atomic E-state index is -1.76. The molecule has 15 heteroatoms. The summed E-state index contributed by atoms with van der Waals surface area (Å²) in [4.78, 5) is 38.3. The van der Waals surface area contributed by atoms with Crippen LogP contribution in [0.5, 0.6) is 5.75 Å². The summed E-state index contributed by atoms with van der Waals surface area (Å²) in [5.41, 5.74) is 0. The summed E-state index contributed by atoms with van der Waals surface area (Å²) in [5, 5.41) is 3.08. The number of alkyl halides is 4. The van der Waals surface area contributed by atoms with Crippen LogP contribution in [0.15, 0.2) is 30.3 Å². The van der Waals surface area contributed by atoms with Gasteiger partial charge < -0.3 is 31.9 Å². The minimum absolute atomic E-state index is 0. The Morgan fingerprint density at radius 2 is 1.92 bits per heavy atom. The Morgan fingerprint density at radius 3 is 2.53 bits per heavy atom. The van der Waals surface area contributed by atoms with Gasteiger partial charge in [-0.2, -0.15) is 0 Å². The molecule has 8 nitrogen and oxygen atoms in total. The van der Waals surface area contributed by atoms with Crippen LogP contribution in [0, 0.1) is 5.92 Å². The lowest BCUT2D eigenvalue weighted by Gasteiger charge is -2.57. The van der Waals surface area contributed by atoms with E-state index < -0.39 is 33.3 Å². The standard InChI is InChI=1S/C21H24Cl4N2O6S2.ClH/c1-13(28)31-7-14-9-34-19-20(35-12-22,26-16(29)8-32-15-5-3-2-4-6-15)10-27(19)17(14)18(30)33-11-21(23,24)25;/h2-6,14,17,19H,7-12H2,1H3,(H,26,29);1H. The van der Waals surface area contributed by atoms with Crippen molar-refractivity contribution in [2.45, 2.75) is 27.0 Å². The van der Waals surface area contributed by atoms with Crippen LogP contribution < -0.4 is 22.5 Å². The average Bonchev–Trinajstić information content (AvgIpc) is 2.79. The minimum Gasteiger partial charge on any atom is -1.00 e. The zero-order valence-electron chi connectivity index (χ0n) is 19.0. The summed E-state index contributed by atoms with van der Waals surface area (Å²) < 4.78 is 14.3. The maximum absolute atomic E-state index is 13.0. The smallest absolute Gasteiger partial charge is 0.324 e. The highest BCUT2D eigenvalue weighted by Gasteiger charge is 2.66. The predicted octanol–water partition coefficient (Wildman–Crippen LogP) is -0.257. The van der Waals surface area contributed by atoms with E-state index in [4.69, 9.17) is 60.6 Å². The van der Waals surface area contributed by atoms with Gasteiger partial charge in [-0.25, -0.2) is 0 Å². The van der Waals surface area contributed by atoms with Gasteiger partial charge in [-0.1, -0.05) is 64.6 Å². The first-order chi connectivity index (χ1) is 16.5. The third-order valence-electron chi connectivity index (χ3n) is 5.34. The first kappa shape index (κ1) is 31.8. The van der Waals surface area contributed by atoms with Gasteiger partial charge in [0, 0.05) is 30.4 Å². The van der Waals surface area contributed by atoms with Crippen molar-refractivity contribution >= 4 is 87.8 Å². The number of fused-ring (bicyclic) bond motifs is 1. The van der Waals surface area contributed by atoms with Crippen LogP contribution in [0.1, 0.15) is 6.92 Å². The lowest BCUT2D eigenvalue weighted by atomic mass is 9.94. The average molecular weight is 643 g/mol. The molecule has 2 heterocycles. The molecule has 2 fully saturated rings. The van der Waals surface area contributed by atoms with Crippen LogP contribution in [-0.4, -0.2) is 80.2 Å². The van der Waals surface area contributed by atoms with E-state index in [-0.39, 0.29) is 48.0 Å². The second kappa shape index (κ2) is 14.1. The predicted molar refractivity (Wildman–Crippen MR) is 140 cm³/mol. The van der Waals surface area contributed by atoms with Gasteiger partial charge in [-0.15, -0.1) is 11.8 Å². The van der Waals surface area contributed by atoms with E-state index in [9.17, 15) is 14.4 Å². The quantitative estimate of drug-likeness (QED) is 0.162. The number of hydrogen-bond acceptors (Lipinski definition) is 8. The number of amides is 1. The van der Waals surface area contributed by atoms with Gasteiger partial charge in [0.25, 0.3) is 5.91 Å². The van der Waals surface area contributed by atoms with E-state index in [1.165, 1.54) is 6.92 Å². The molecule has 1 aromatic carbocycles. The summed E-state index contributed by atoms with van der Waals surface area (Å²) >= 11 is 25.6. The molecule has 2 aliphatic heterocycles. The van der Waals surface area contributed by atoms with Crippen molar-refractivity contribution in [3.05, 3.63) is 30.3 Å². The van der Waals surface area contributed by atoms with Crippen LogP contribution in [0.25, 0.3) is 0 Å². The number of carbonyl (C=O) groups excluding carboxylic acids is 3. The summed E-state index contributed by atoms with van der Waals surface area (Å²) in [7, 11) is 0. The first-order valence-corrected chi connectivity index (χ1v) is 14.3. The molecule has 4 unspecified atom stereocenters. The topological polar surface area (TPSA) is 94.2 Å². The number of thiol groups is 1. The molecule has 0 spiro atoms. The second-order valence-electron chi connectivity index (χ2n) is 7.94. The Kier molecular flexibility index (Phi) is 12.4. The largest absolute Gasteiger partial charge is 1.00 e. The SMILES string of the molecule is CC(=O)OCC1CSC2N(CC2(NC(=O)COc2ccccc2)[SH+]CCl)C1C(=O)OCC(Cl)(Cl)Cl.[Cl-]. The number of carbonyl (C=O) groups is 3. The molecule has 0 radical (unpaired) electrons. The Hall–Kier alpha value is -0.460. The van der Waals surface area contributed by atoms with E-state index >= 15 is 0 Å². The Bertz CT molecular complexity index is 913. The van der Waals surface area contributed by atoms with E-state index in [2.05, 4.69) is 5.32 Å². The fourth-order valence-electron chi connectivity index (χ4n) is 3.90. The van der Waals surface area contributed by atoms with Crippen LogP contribution in [-0.2, 0) is 35.6 Å². The molecule has 202 valence electrons. The Labute approximate surface area is 244 Å². The van der Waals surface area contributed by atoms with Crippen molar-refractivity contribution in [3.8, 4) is 5.75 Å². The first-order valence-electron chi connectivity index (χ1n) is 10.5. The fraction of sp³-hybridized carbons (Fsp3) is 0.571. The maximum atomic E-state index is 13.0. The van der Waals surface area contributed by atoms with Crippen molar-refractivity contribution in [2.24, 2.45) is 5.92 Å². The van der Waals surface area contributed by atoms with Crippen LogP contribution in [0.4, 0.5) is 0 Å². The van der Waals surface area contributed by atoms with Crippen molar-refractivity contribution in [1.82, 2.24) is 10.2 Å². The van der Waals surface area contributed by atoms with Crippen LogP contribution >= 0.6 is 58.2 Å². The van der Waals surface area contributed by atoms with Gasteiger partial charge in [0.1, 0.15) is 23.8 Å². The van der Waals surface area contributed by atoms with Gasteiger partial charge in [-0.05, 0) is 12.1 Å². The molecule has 1 N–H and O–H groups in total. The van der Waals surface area contributed by atoms with Crippen molar-refractivity contribution in [3.63, 3.8) is 0 Å². The number of esters is 2. The van der Waals surface area contributed by atoms with E-state index in [1.807, 2.05) is 23.1 Å². The molecule has 0 saturated carbocycles. The number of benzene rings is 1. The third-order valence-corrected chi connectivity index (χ3v) is 8.99. The van der Waals surface area contributed by atoms with E-state index in [0.717, 1.165) is 11.8 Å². The molecule has 3 rings (SSSR count). The highest BCUT2D eigenvalue weighted by atomic mass is 35.6. The van der Waals surface area contributed by atoms with Crippen molar-refractivity contribution in [2.75, 3.05) is 37.3 Å². The zero-order valence-corrected chi connectivity index (χ0v) is 24.5. The molecule has 1 aromatic rings. The maximum Gasteiger partial charge on any atom is 0.324 e. The van der Waals surface area contributed by atoms with Crippen LogP contribution in [0.2, 0.25) is 0 Å². The highest BCUT2D eigenvalue weighted by molar-refractivity contribution is 8.00. The number of para-hydroxylation sites is 1. The number of nitrogens with zero attached hydrogens (tertiary/aromatic N) is 1. The Balaban J connectivity index is 0.00000456. The summed E-state index contributed by atoms with van der Waals surface area (Å²) in [5.74, 6) is -0.616. The molecule has 1 amide bonds. The number of halogens is 5. The molecule has 2 aliphatic rings. The summed E-state index contributed by atoms with van der Waals surface area (Å²) in [6, 6.07) is 8.27. The number of hydrogen-bond donors (Lipinski definition) is 1. The molecular weight excluding hydrogens is 618 g/mol. The van der Waals surface area contributed by atoms with Gasteiger partial charge >= 0.3 is 11.9 Å². The lowest BCUT2D eigenvalue weighted by molar-refractivity contribution is -0.161. The number of ether oxygens (including phenoxy) is 3. The number of thioether (sulfide) groups is 1. The molecule has 0 aliphatic carbocycles. The monoisotopic (exact) mass is 640 g/mol. The second-order valence-corrected chi connectivity index (χ2v) is 13.6. The van der Waals surface area contributed by atoms with Gasteiger partial charge in [-0.3, -0.25) is 19.3 Å². The summed E-state index contributed by atoms with van der Waals surface area (Å²) in [6.07, 6.45) is 0. The number of rotatable bonds is 10. The molecule has 0 bridgehead atoms. The normalized spacial score (nSPS) is 25.4. The molecule has 36 heavy (non-hydrogen) atoms. The van der Waals surface area contributed by atoms with E-state index in [0.29, 0.717) is 18.0 Å². The van der Waals surface area contributed by atoms with Gasteiger partial charge in [0.2, 0.25) is 8.66 Å². The molecule has 4 atom stereocenters.